The van der Waals surface area contributed by atoms with E-state index in [1.54, 1.807) is 4.90 Å². The quantitative estimate of drug-likeness (QED) is 0.858. The van der Waals surface area contributed by atoms with E-state index in [4.69, 9.17) is 4.74 Å². The molecule has 1 aliphatic rings. The molecule has 1 aromatic carbocycles. The third kappa shape index (κ3) is 4.89. The molecule has 0 aromatic heterocycles. The summed E-state index contributed by atoms with van der Waals surface area (Å²) in [5.41, 5.74) is 1.94. The van der Waals surface area contributed by atoms with Crippen LogP contribution in [0.4, 0.5) is 5.69 Å². The molecule has 2 rings (SSSR count). The minimum absolute atomic E-state index is 0.0321. The third-order valence-corrected chi connectivity index (χ3v) is 4.96. The number of aliphatic hydroxyl groups is 1. The molecule has 1 aliphatic heterocycles. The van der Waals surface area contributed by atoms with Gasteiger partial charge in [0.2, 0.25) is 5.91 Å². The molecular weight excluding hydrogens is 330 g/mol. The smallest absolute Gasteiger partial charge is 0.227 e. The van der Waals surface area contributed by atoms with Crippen molar-refractivity contribution in [3.05, 3.63) is 23.8 Å². The average Bonchev–Trinajstić information content (AvgIpc) is 2.62. The van der Waals surface area contributed by atoms with Gasteiger partial charge in [0.05, 0.1) is 19.1 Å². The van der Waals surface area contributed by atoms with E-state index in [1.165, 1.54) is 0 Å². The van der Waals surface area contributed by atoms with Crippen molar-refractivity contribution >= 4 is 11.6 Å². The number of likely N-dealkylation sites (N-methyl/N-ethyl adjacent to an activating group) is 1. The number of aliphatic hydroxyl groups excluding tert-OH is 1. The summed E-state index contributed by atoms with van der Waals surface area (Å²) in [6.45, 7) is 5.31. The lowest BCUT2D eigenvalue weighted by molar-refractivity contribution is -0.134. The van der Waals surface area contributed by atoms with E-state index < -0.39 is 0 Å². The normalized spacial score (nSPS) is 22.2. The summed E-state index contributed by atoms with van der Waals surface area (Å²) in [7, 11) is 8.02. The van der Waals surface area contributed by atoms with E-state index in [9.17, 15) is 9.90 Å². The number of hydrogen-bond donors (Lipinski definition) is 1. The van der Waals surface area contributed by atoms with Crippen molar-refractivity contribution in [3.63, 3.8) is 0 Å². The van der Waals surface area contributed by atoms with Gasteiger partial charge in [0.1, 0.15) is 11.9 Å². The van der Waals surface area contributed by atoms with Gasteiger partial charge in [0, 0.05) is 44.4 Å². The van der Waals surface area contributed by atoms with Crippen molar-refractivity contribution < 1.29 is 14.6 Å². The van der Waals surface area contributed by atoms with Gasteiger partial charge in [0.15, 0.2) is 0 Å². The van der Waals surface area contributed by atoms with Crippen molar-refractivity contribution in [3.8, 4) is 5.75 Å². The summed E-state index contributed by atoms with van der Waals surface area (Å²) in [6.07, 6.45) is 0.246. The van der Waals surface area contributed by atoms with Crippen LogP contribution in [0.5, 0.6) is 5.75 Å². The van der Waals surface area contributed by atoms with Crippen molar-refractivity contribution in [1.29, 1.82) is 0 Å². The number of nitrogens with zero attached hydrogens (tertiary/aromatic N) is 3. The Labute approximate surface area is 157 Å². The van der Waals surface area contributed by atoms with E-state index in [1.807, 2.05) is 58.2 Å². The van der Waals surface area contributed by atoms with E-state index >= 15 is 0 Å². The van der Waals surface area contributed by atoms with Crippen LogP contribution in [0.2, 0.25) is 0 Å². The minimum Gasteiger partial charge on any atom is -0.488 e. The van der Waals surface area contributed by atoms with Crippen LogP contribution in [-0.2, 0) is 11.2 Å². The van der Waals surface area contributed by atoms with Crippen LogP contribution in [0.3, 0.4) is 0 Å². The number of amides is 1. The Morgan fingerprint density at radius 2 is 2.00 bits per heavy atom. The summed E-state index contributed by atoms with van der Waals surface area (Å²) in [5, 5.41) is 9.61. The molecule has 0 fully saturated rings. The molecule has 6 heteroatoms. The second kappa shape index (κ2) is 8.73. The predicted molar refractivity (Wildman–Crippen MR) is 105 cm³/mol. The molecule has 1 heterocycles. The van der Waals surface area contributed by atoms with Gasteiger partial charge < -0.3 is 24.5 Å². The van der Waals surface area contributed by atoms with Gasteiger partial charge in [0.25, 0.3) is 0 Å². The Hall–Kier alpha value is -1.79. The molecule has 146 valence electrons. The molecule has 0 spiro atoms. The molecule has 1 aromatic rings. The molecule has 1 N–H and O–H groups in total. The van der Waals surface area contributed by atoms with Crippen molar-refractivity contribution in [2.24, 2.45) is 5.92 Å². The highest BCUT2D eigenvalue weighted by Crippen LogP contribution is 2.29. The molecule has 1 amide bonds. The predicted octanol–water partition coefficient (Wildman–Crippen LogP) is 1.46. The van der Waals surface area contributed by atoms with E-state index in [0.717, 1.165) is 23.5 Å². The lowest BCUT2D eigenvalue weighted by Gasteiger charge is -2.33. The Balaban J connectivity index is 2.45. The SMILES string of the molecule is C[C@H]1CN([C@@H](C)CO)C(=O)Cc2cc(N(C)C)ccc2O[C@@H]1CN(C)C. The molecule has 0 saturated carbocycles. The first-order chi connectivity index (χ1) is 12.2. The second-order valence-corrected chi connectivity index (χ2v) is 7.84. The largest absolute Gasteiger partial charge is 0.488 e. The fourth-order valence-electron chi connectivity index (χ4n) is 3.27. The number of hydrogen-bond acceptors (Lipinski definition) is 5. The lowest BCUT2D eigenvalue weighted by Crippen LogP contribution is -2.47. The maximum Gasteiger partial charge on any atom is 0.227 e. The summed E-state index contributed by atoms with van der Waals surface area (Å²) < 4.78 is 6.38. The number of anilines is 1. The van der Waals surface area contributed by atoms with Crippen molar-refractivity contribution in [2.45, 2.75) is 32.4 Å². The summed E-state index contributed by atoms with van der Waals surface area (Å²) in [4.78, 5) is 18.9. The molecule has 0 saturated heterocycles. The first-order valence-corrected chi connectivity index (χ1v) is 9.24. The number of carbonyl (C=O) groups excluding carboxylic acids is 1. The monoisotopic (exact) mass is 363 g/mol. The van der Waals surface area contributed by atoms with Gasteiger partial charge in [-0.1, -0.05) is 6.92 Å². The Morgan fingerprint density at radius 1 is 1.31 bits per heavy atom. The van der Waals surface area contributed by atoms with Crippen LogP contribution in [0.15, 0.2) is 18.2 Å². The zero-order chi connectivity index (χ0) is 19.4. The van der Waals surface area contributed by atoms with E-state index in [0.29, 0.717) is 6.54 Å². The van der Waals surface area contributed by atoms with Crippen LogP contribution >= 0.6 is 0 Å². The lowest BCUT2D eigenvalue weighted by atomic mass is 10.0. The van der Waals surface area contributed by atoms with Gasteiger partial charge in [-0.15, -0.1) is 0 Å². The molecular formula is C20H33N3O3. The fraction of sp³-hybridized carbons (Fsp3) is 0.650. The highest BCUT2D eigenvalue weighted by Gasteiger charge is 2.30. The van der Waals surface area contributed by atoms with Gasteiger partial charge in [-0.2, -0.15) is 0 Å². The Kier molecular flexibility index (Phi) is 6.89. The number of ether oxygens (including phenoxy) is 1. The fourth-order valence-corrected chi connectivity index (χ4v) is 3.27. The zero-order valence-corrected chi connectivity index (χ0v) is 16.9. The average molecular weight is 364 g/mol. The maximum absolute atomic E-state index is 13.0. The first kappa shape index (κ1) is 20.5. The van der Waals surface area contributed by atoms with Gasteiger partial charge in [-0.05, 0) is 39.2 Å². The van der Waals surface area contributed by atoms with Crippen molar-refractivity contribution in [2.75, 3.05) is 52.8 Å². The number of fused-ring (bicyclic) bond motifs is 1. The minimum atomic E-state index is -0.205. The Bertz CT molecular complexity index is 618. The second-order valence-electron chi connectivity index (χ2n) is 7.84. The van der Waals surface area contributed by atoms with E-state index in [2.05, 4.69) is 11.8 Å². The molecule has 6 nitrogen and oxygen atoms in total. The summed E-state index contributed by atoms with van der Waals surface area (Å²) in [5.74, 6) is 0.959. The van der Waals surface area contributed by atoms with Crippen LogP contribution in [0.1, 0.15) is 19.4 Å². The number of benzene rings is 1. The summed E-state index contributed by atoms with van der Waals surface area (Å²) >= 11 is 0. The molecule has 0 bridgehead atoms. The molecule has 3 atom stereocenters. The van der Waals surface area contributed by atoms with Crippen LogP contribution in [0, 0.1) is 5.92 Å². The van der Waals surface area contributed by atoms with Gasteiger partial charge >= 0.3 is 0 Å². The van der Waals surface area contributed by atoms with Crippen LogP contribution < -0.4 is 9.64 Å². The Morgan fingerprint density at radius 3 is 2.58 bits per heavy atom. The van der Waals surface area contributed by atoms with Crippen molar-refractivity contribution in [1.82, 2.24) is 9.80 Å². The van der Waals surface area contributed by atoms with Crippen LogP contribution in [0.25, 0.3) is 0 Å². The number of carbonyl (C=O) groups is 1. The zero-order valence-electron chi connectivity index (χ0n) is 16.9. The van der Waals surface area contributed by atoms with Gasteiger partial charge in [-0.25, -0.2) is 0 Å². The molecule has 0 radical (unpaired) electrons. The topological polar surface area (TPSA) is 56.3 Å². The molecule has 0 unspecified atom stereocenters. The van der Waals surface area contributed by atoms with E-state index in [-0.39, 0.29) is 37.0 Å². The molecule has 26 heavy (non-hydrogen) atoms. The molecule has 0 aliphatic carbocycles. The van der Waals surface area contributed by atoms with Crippen LogP contribution in [-0.4, -0.2) is 80.8 Å². The third-order valence-electron chi connectivity index (χ3n) is 4.96. The standard InChI is InChI=1S/C20H33N3O3/c1-14-11-23(15(2)13-24)20(25)10-16-9-17(22(5)6)7-8-18(16)26-19(14)12-21(3)4/h7-9,14-15,19,24H,10-13H2,1-6H3/t14-,15-,19+/m0/s1. The highest BCUT2D eigenvalue weighted by molar-refractivity contribution is 5.80. The first-order valence-electron chi connectivity index (χ1n) is 9.24. The maximum atomic E-state index is 13.0. The highest BCUT2D eigenvalue weighted by atomic mass is 16.5. The number of rotatable bonds is 5. The summed E-state index contributed by atoms with van der Waals surface area (Å²) in [6, 6.07) is 5.81. The van der Waals surface area contributed by atoms with Gasteiger partial charge in [-0.3, -0.25) is 4.79 Å².